The zero-order valence-electron chi connectivity index (χ0n) is 14.9. The van der Waals surface area contributed by atoms with Crippen molar-refractivity contribution in [2.75, 3.05) is 25.0 Å². The third-order valence-electron chi connectivity index (χ3n) is 5.68. The molecule has 0 aromatic carbocycles. The lowest BCUT2D eigenvalue weighted by molar-refractivity contribution is -0.134. The normalized spacial score (nSPS) is 20.7. The van der Waals surface area contributed by atoms with Gasteiger partial charge in [-0.2, -0.15) is 0 Å². The van der Waals surface area contributed by atoms with Crippen LogP contribution in [-0.4, -0.2) is 56.9 Å². The van der Waals surface area contributed by atoms with E-state index in [1.165, 1.54) is 0 Å². The van der Waals surface area contributed by atoms with Gasteiger partial charge in [0.05, 0.1) is 23.0 Å². The number of anilines is 1. The highest BCUT2D eigenvalue weighted by molar-refractivity contribution is 6.08. The molecule has 1 saturated heterocycles. The number of H-pyrrole nitrogens is 1. The molecule has 1 amide bonds. The SMILES string of the molecule is CN(C(=O)C1CCCN(c2ncnc3cnc4[nH]ccc4c23)C1)C1CC1. The zero-order chi connectivity index (χ0) is 17.7. The number of amides is 1. The third-order valence-corrected chi connectivity index (χ3v) is 5.68. The maximum atomic E-state index is 12.8. The van der Waals surface area contributed by atoms with E-state index in [2.05, 4.69) is 24.8 Å². The zero-order valence-corrected chi connectivity index (χ0v) is 14.9. The van der Waals surface area contributed by atoms with Crippen molar-refractivity contribution in [2.24, 2.45) is 5.92 Å². The molecule has 7 nitrogen and oxygen atoms in total. The quantitative estimate of drug-likeness (QED) is 0.784. The second kappa shape index (κ2) is 5.93. The van der Waals surface area contributed by atoms with E-state index in [1.807, 2.05) is 24.2 Å². The van der Waals surface area contributed by atoms with Crippen LogP contribution in [0.1, 0.15) is 25.7 Å². The first-order valence-corrected chi connectivity index (χ1v) is 9.31. The molecule has 2 fully saturated rings. The molecule has 1 saturated carbocycles. The molecule has 1 unspecified atom stereocenters. The summed E-state index contributed by atoms with van der Waals surface area (Å²) in [5.41, 5.74) is 1.68. The van der Waals surface area contributed by atoms with Gasteiger partial charge in [0, 0.05) is 37.8 Å². The number of carbonyl (C=O) groups excluding carboxylic acids is 1. The van der Waals surface area contributed by atoms with Crippen molar-refractivity contribution < 1.29 is 4.79 Å². The maximum absolute atomic E-state index is 12.8. The molecule has 2 aliphatic rings. The van der Waals surface area contributed by atoms with Crippen LogP contribution in [0.5, 0.6) is 0 Å². The first-order chi connectivity index (χ1) is 12.7. The summed E-state index contributed by atoms with van der Waals surface area (Å²) in [7, 11) is 1.95. The minimum atomic E-state index is 0.0444. The van der Waals surface area contributed by atoms with E-state index in [0.717, 1.165) is 66.5 Å². The van der Waals surface area contributed by atoms with Gasteiger partial charge in [-0.3, -0.25) is 4.79 Å². The Balaban J connectivity index is 1.51. The number of fused-ring (bicyclic) bond motifs is 3. The van der Waals surface area contributed by atoms with Gasteiger partial charge in [0.15, 0.2) is 0 Å². The van der Waals surface area contributed by atoms with E-state index in [1.54, 1.807) is 12.5 Å². The summed E-state index contributed by atoms with van der Waals surface area (Å²) in [6, 6.07) is 2.48. The fraction of sp³-hybridized carbons (Fsp3) is 0.474. The number of aromatic nitrogens is 4. The fourth-order valence-corrected chi connectivity index (χ4v) is 4.08. The molecule has 0 bridgehead atoms. The number of nitrogens with one attached hydrogen (secondary N) is 1. The van der Waals surface area contributed by atoms with Gasteiger partial charge in [0.1, 0.15) is 17.8 Å². The molecular formula is C19H22N6O. The van der Waals surface area contributed by atoms with Gasteiger partial charge >= 0.3 is 0 Å². The van der Waals surface area contributed by atoms with Crippen LogP contribution in [0.15, 0.2) is 24.8 Å². The van der Waals surface area contributed by atoms with Gasteiger partial charge in [-0.05, 0) is 31.7 Å². The van der Waals surface area contributed by atoms with Gasteiger partial charge in [0.2, 0.25) is 5.91 Å². The summed E-state index contributed by atoms with van der Waals surface area (Å²) in [5, 5.41) is 2.05. The number of rotatable bonds is 3. The van der Waals surface area contributed by atoms with Crippen molar-refractivity contribution in [3.05, 3.63) is 24.8 Å². The molecule has 0 spiro atoms. The predicted molar refractivity (Wildman–Crippen MR) is 99.9 cm³/mol. The molecule has 26 heavy (non-hydrogen) atoms. The highest BCUT2D eigenvalue weighted by Gasteiger charge is 2.35. The van der Waals surface area contributed by atoms with Gasteiger partial charge in [-0.15, -0.1) is 0 Å². The molecular weight excluding hydrogens is 328 g/mol. The van der Waals surface area contributed by atoms with Crippen molar-refractivity contribution in [1.82, 2.24) is 24.8 Å². The number of piperidine rings is 1. The monoisotopic (exact) mass is 350 g/mol. The van der Waals surface area contributed by atoms with E-state index in [9.17, 15) is 4.79 Å². The van der Waals surface area contributed by atoms with Crippen molar-refractivity contribution >= 4 is 33.7 Å². The second-order valence-corrected chi connectivity index (χ2v) is 7.42. The van der Waals surface area contributed by atoms with E-state index in [0.29, 0.717) is 6.04 Å². The Morgan fingerprint density at radius 2 is 2.15 bits per heavy atom. The summed E-state index contributed by atoms with van der Waals surface area (Å²) in [5.74, 6) is 1.24. The van der Waals surface area contributed by atoms with Crippen molar-refractivity contribution in [1.29, 1.82) is 0 Å². The molecule has 1 atom stereocenters. The first kappa shape index (κ1) is 15.5. The van der Waals surface area contributed by atoms with Crippen LogP contribution in [0.25, 0.3) is 21.9 Å². The second-order valence-electron chi connectivity index (χ2n) is 7.42. The highest BCUT2D eigenvalue weighted by Crippen LogP contribution is 2.33. The summed E-state index contributed by atoms with van der Waals surface area (Å²) in [6.45, 7) is 1.63. The predicted octanol–water partition coefficient (Wildman–Crippen LogP) is 2.34. The molecule has 5 rings (SSSR count). The molecule has 0 radical (unpaired) electrons. The summed E-state index contributed by atoms with van der Waals surface area (Å²) in [4.78, 5) is 33.6. The van der Waals surface area contributed by atoms with Crippen LogP contribution >= 0.6 is 0 Å². The molecule has 134 valence electrons. The summed E-state index contributed by atoms with van der Waals surface area (Å²) < 4.78 is 0. The third kappa shape index (κ3) is 2.50. The van der Waals surface area contributed by atoms with Gasteiger partial charge < -0.3 is 14.8 Å². The average molecular weight is 350 g/mol. The van der Waals surface area contributed by atoms with Crippen LogP contribution in [0.3, 0.4) is 0 Å². The molecule has 1 aliphatic carbocycles. The smallest absolute Gasteiger partial charge is 0.227 e. The standard InChI is InChI=1S/C19H22N6O/c1-24(13-4-5-13)19(26)12-3-2-8-25(10-12)18-16-14-6-7-20-17(14)21-9-15(16)22-11-23-18/h6-7,9,11-13H,2-5,8,10H2,1H3,(H,20,21). The molecule has 4 heterocycles. The Hall–Kier alpha value is -2.70. The number of hydrogen-bond donors (Lipinski definition) is 1. The largest absolute Gasteiger partial charge is 0.355 e. The fourth-order valence-electron chi connectivity index (χ4n) is 4.08. The number of aromatic amines is 1. The van der Waals surface area contributed by atoms with E-state index >= 15 is 0 Å². The van der Waals surface area contributed by atoms with Gasteiger partial charge in [-0.1, -0.05) is 0 Å². The van der Waals surface area contributed by atoms with Gasteiger partial charge in [-0.25, -0.2) is 15.0 Å². The lowest BCUT2D eigenvalue weighted by atomic mass is 9.96. The minimum Gasteiger partial charge on any atom is -0.355 e. The Morgan fingerprint density at radius 1 is 1.27 bits per heavy atom. The van der Waals surface area contributed by atoms with Crippen molar-refractivity contribution in [3.63, 3.8) is 0 Å². The summed E-state index contributed by atoms with van der Waals surface area (Å²) >= 11 is 0. The van der Waals surface area contributed by atoms with Crippen LogP contribution < -0.4 is 4.90 Å². The number of hydrogen-bond acceptors (Lipinski definition) is 5. The Bertz CT molecular complexity index is 978. The Labute approximate surface area is 151 Å². The molecule has 3 aromatic heterocycles. The molecule has 1 aliphatic heterocycles. The summed E-state index contributed by atoms with van der Waals surface area (Å²) in [6.07, 6.45) is 9.52. The highest BCUT2D eigenvalue weighted by atomic mass is 16.2. The van der Waals surface area contributed by atoms with E-state index in [4.69, 9.17) is 0 Å². The Kier molecular flexibility index (Phi) is 3.55. The molecule has 3 aromatic rings. The maximum Gasteiger partial charge on any atom is 0.227 e. The van der Waals surface area contributed by atoms with Crippen molar-refractivity contribution in [2.45, 2.75) is 31.7 Å². The number of carbonyl (C=O) groups is 1. The molecule has 1 N–H and O–H groups in total. The topological polar surface area (TPSA) is 78.0 Å². The first-order valence-electron chi connectivity index (χ1n) is 9.31. The van der Waals surface area contributed by atoms with Crippen LogP contribution in [0, 0.1) is 5.92 Å². The van der Waals surface area contributed by atoms with Crippen LogP contribution in [-0.2, 0) is 4.79 Å². The molecule has 7 heteroatoms. The van der Waals surface area contributed by atoms with E-state index < -0.39 is 0 Å². The lowest BCUT2D eigenvalue weighted by Gasteiger charge is -2.35. The number of nitrogens with zero attached hydrogens (tertiary/aromatic N) is 5. The minimum absolute atomic E-state index is 0.0444. The average Bonchev–Trinajstić information content (AvgIpc) is 3.43. The van der Waals surface area contributed by atoms with Crippen molar-refractivity contribution in [3.8, 4) is 0 Å². The van der Waals surface area contributed by atoms with E-state index in [-0.39, 0.29) is 11.8 Å². The lowest BCUT2D eigenvalue weighted by Crippen LogP contribution is -2.44. The number of pyridine rings is 1. The Morgan fingerprint density at radius 3 is 3.00 bits per heavy atom. The van der Waals surface area contributed by atoms with Gasteiger partial charge in [0.25, 0.3) is 0 Å². The van der Waals surface area contributed by atoms with Crippen LogP contribution in [0.4, 0.5) is 5.82 Å². The van der Waals surface area contributed by atoms with Crippen LogP contribution in [0.2, 0.25) is 0 Å².